The van der Waals surface area contributed by atoms with Gasteiger partial charge in [-0.2, -0.15) is 0 Å². The van der Waals surface area contributed by atoms with Crippen LogP contribution in [0.15, 0.2) is 0 Å². The lowest BCUT2D eigenvalue weighted by atomic mass is 10.0. The summed E-state index contributed by atoms with van der Waals surface area (Å²) < 4.78 is 4.81. The molecular weight excluding hydrogens is 290 g/mol. The van der Waals surface area contributed by atoms with Crippen molar-refractivity contribution in [3.05, 3.63) is 0 Å². The van der Waals surface area contributed by atoms with Crippen LogP contribution in [0.2, 0.25) is 0 Å². The van der Waals surface area contributed by atoms with Gasteiger partial charge in [0.1, 0.15) is 6.04 Å². The second-order valence-electron chi connectivity index (χ2n) is 7.00. The van der Waals surface area contributed by atoms with E-state index < -0.39 is 18.1 Å². The zero-order chi connectivity index (χ0) is 17.5. The summed E-state index contributed by atoms with van der Waals surface area (Å²) in [6.45, 7) is 6.62. The van der Waals surface area contributed by atoms with E-state index in [0.717, 1.165) is 18.8 Å². The van der Waals surface area contributed by atoms with Gasteiger partial charge in [-0.05, 0) is 19.3 Å². The quantitative estimate of drug-likeness (QED) is 0.349. The third-order valence-corrected chi connectivity index (χ3v) is 4.25. The zero-order valence-corrected chi connectivity index (χ0v) is 15.6. The highest BCUT2D eigenvalue weighted by atomic mass is 16.5. The Kier molecular flexibility index (Phi) is 14.6. The summed E-state index contributed by atoms with van der Waals surface area (Å²) in [5.74, 6) is 0.333. The first-order valence-corrected chi connectivity index (χ1v) is 9.59. The van der Waals surface area contributed by atoms with Crippen LogP contribution in [0.3, 0.4) is 0 Å². The summed E-state index contributed by atoms with van der Waals surface area (Å²) in [5.41, 5.74) is 5.66. The van der Waals surface area contributed by atoms with Crippen LogP contribution in [0.1, 0.15) is 91.4 Å². The number of carbonyl (C=O) groups excluding carboxylic acids is 1. The van der Waals surface area contributed by atoms with Gasteiger partial charge in [0.15, 0.2) is 0 Å². The number of hydrogen-bond acceptors (Lipinski definition) is 4. The fourth-order valence-electron chi connectivity index (χ4n) is 2.72. The van der Waals surface area contributed by atoms with Gasteiger partial charge in [-0.15, -0.1) is 0 Å². The number of carbonyl (C=O) groups is 1. The Morgan fingerprint density at radius 2 is 1.35 bits per heavy atom. The van der Waals surface area contributed by atoms with Gasteiger partial charge in [0, 0.05) is 0 Å². The van der Waals surface area contributed by atoms with E-state index >= 15 is 0 Å². The van der Waals surface area contributed by atoms with Gasteiger partial charge in [0.2, 0.25) is 0 Å². The minimum absolute atomic E-state index is 0.302. The number of rotatable bonds is 15. The minimum Gasteiger partial charge on any atom is -0.465 e. The van der Waals surface area contributed by atoms with Crippen LogP contribution in [0, 0.1) is 5.92 Å². The smallest absolute Gasteiger partial charge is 0.325 e. The molecule has 0 rings (SSSR count). The van der Waals surface area contributed by atoms with E-state index in [9.17, 15) is 9.90 Å². The Morgan fingerprint density at radius 3 is 1.78 bits per heavy atom. The summed E-state index contributed by atoms with van der Waals surface area (Å²) in [6, 6.07) is -0.902. The fourth-order valence-corrected chi connectivity index (χ4v) is 2.72. The first-order valence-electron chi connectivity index (χ1n) is 9.59. The Balaban J connectivity index is 3.37. The second kappa shape index (κ2) is 14.9. The molecule has 0 aromatic rings. The number of aliphatic hydroxyl groups excluding tert-OH is 1. The van der Waals surface area contributed by atoms with E-state index in [-0.39, 0.29) is 0 Å². The number of unbranched alkanes of at least 4 members (excludes halogenated alkanes) is 8. The van der Waals surface area contributed by atoms with Crippen LogP contribution in [-0.4, -0.2) is 29.8 Å². The predicted octanol–water partition coefficient (Wildman–Crippen LogP) is 4.18. The fraction of sp³-hybridized carbons (Fsp3) is 0.947. The van der Waals surface area contributed by atoms with Crippen molar-refractivity contribution >= 4 is 5.97 Å². The van der Waals surface area contributed by atoms with Gasteiger partial charge in [-0.1, -0.05) is 78.1 Å². The monoisotopic (exact) mass is 329 g/mol. The van der Waals surface area contributed by atoms with E-state index in [2.05, 4.69) is 13.8 Å². The molecule has 4 heteroatoms. The second-order valence-corrected chi connectivity index (χ2v) is 7.00. The molecule has 0 saturated carbocycles. The molecule has 0 spiro atoms. The number of nitrogens with two attached hydrogens (primary N) is 1. The molecule has 0 saturated heterocycles. The topological polar surface area (TPSA) is 72.5 Å². The maximum Gasteiger partial charge on any atom is 0.325 e. The normalized spacial score (nSPS) is 14.0. The molecule has 4 nitrogen and oxygen atoms in total. The zero-order valence-electron chi connectivity index (χ0n) is 15.6. The Morgan fingerprint density at radius 1 is 0.913 bits per heavy atom. The minimum atomic E-state index is -0.902. The van der Waals surface area contributed by atoms with Crippen LogP contribution in [0.5, 0.6) is 0 Å². The summed E-state index contributed by atoms with van der Waals surface area (Å²) in [6.07, 6.45) is 12.4. The number of esters is 1. The van der Waals surface area contributed by atoms with Crippen molar-refractivity contribution in [2.24, 2.45) is 11.7 Å². The molecule has 3 N–H and O–H groups in total. The average molecular weight is 330 g/mol. The maximum absolute atomic E-state index is 11.4. The van der Waals surface area contributed by atoms with Crippen LogP contribution in [0.4, 0.5) is 0 Å². The van der Waals surface area contributed by atoms with Gasteiger partial charge < -0.3 is 15.6 Å². The highest BCUT2D eigenvalue weighted by Crippen LogP contribution is 2.14. The van der Waals surface area contributed by atoms with Gasteiger partial charge in [0.05, 0.1) is 12.7 Å². The molecule has 0 aliphatic rings. The van der Waals surface area contributed by atoms with Crippen LogP contribution in [0.25, 0.3) is 0 Å². The third kappa shape index (κ3) is 13.5. The van der Waals surface area contributed by atoms with Crippen molar-refractivity contribution in [3.63, 3.8) is 0 Å². The molecule has 0 fully saturated rings. The van der Waals surface area contributed by atoms with Crippen molar-refractivity contribution in [1.82, 2.24) is 0 Å². The Hall–Kier alpha value is -0.610. The molecule has 0 aliphatic carbocycles. The molecule has 0 aliphatic heterocycles. The Bertz CT molecular complexity index is 282. The van der Waals surface area contributed by atoms with Crippen molar-refractivity contribution < 1.29 is 14.6 Å². The third-order valence-electron chi connectivity index (χ3n) is 4.25. The van der Waals surface area contributed by atoms with Crippen molar-refractivity contribution in [2.75, 3.05) is 6.61 Å². The maximum atomic E-state index is 11.4. The summed E-state index contributed by atoms with van der Waals surface area (Å²) >= 11 is 0. The lowest BCUT2D eigenvalue weighted by Gasteiger charge is -2.17. The molecule has 2 atom stereocenters. The molecule has 23 heavy (non-hydrogen) atoms. The summed E-state index contributed by atoms with van der Waals surface area (Å²) in [5, 5.41) is 9.85. The molecule has 138 valence electrons. The number of ether oxygens (including phenoxy) is 1. The lowest BCUT2D eigenvalue weighted by Crippen LogP contribution is -2.43. The molecule has 0 heterocycles. The Labute approximate surface area is 143 Å². The standard InChI is InChI=1S/C19H39NO3/c1-4-23-19(22)18(20)17(21)15-13-11-9-7-5-6-8-10-12-14-16(2)3/h16-18,21H,4-15,20H2,1-3H3. The largest absolute Gasteiger partial charge is 0.465 e. The molecule has 2 unspecified atom stereocenters. The van der Waals surface area contributed by atoms with Gasteiger partial charge >= 0.3 is 5.97 Å². The van der Waals surface area contributed by atoms with E-state index in [1.807, 2.05) is 0 Å². The molecule has 0 bridgehead atoms. The van der Waals surface area contributed by atoms with E-state index in [1.54, 1.807) is 6.92 Å². The van der Waals surface area contributed by atoms with Crippen LogP contribution < -0.4 is 5.73 Å². The SMILES string of the molecule is CCOC(=O)C(N)C(O)CCCCCCCCCCCC(C)C. The van der Waals surface area contributed by atoms with E-state index in [4.69, 9.17) is 10.5 Å². The van der Waals surface area contributed by atoms with Crippen molar-refractivity contribution in [3.8, 4) is 0 Å². The number of hydrogen-bond donors (Lipinski definition) is 2. The molecule has 0 radical (unpaired) electrons. The lowest BCUT2D eigenvalue weighted by molar-refractivity contribution is -0.147. The molecule has 0 amide bonds. The van der Waals surface area contributed by atoms with Gasteiger partial charge in [-0.25, -0.2) is 0 Å². The van der Waals surface area contributed by atoms with Gasteiger partial charge in [0.25, 0.3) is 0 Å². The number of aliphatic hydroxyl groups is 1. The summed E-state index contributed by atoms with van der Waals surface area (Å²) in [7, 11) is 0. The van der Waals surface area contributed by atoms with Crippen molar-refractivity contribution in [1.29, 1.82) is 0 Å². The first kappa shape index (κ1) is 22.4. The van der Waals surface area contributed by atoms with E-state index in [0.29, 0.717) is 13.0 Å². The first-order chi connectivity index (χ1) is 11.0. The highest BCUT2D eigenvalue weighted by molar-refractivity contribution is 5.76. The predicted molar refractivity (Wildman–Crippen MR) is 96.2 cm³/mol. The molecular formula is C19H39NO3. The van der Waals surface area contributed by atoms with Crippen molar-refractivity contribution in [2.45, 2.75) is 104 Å². The van der Waals surface area contributed by atoms with Crippen LogP contribution in [-0.2, 0) is 9.53 Å². The summed E-state index contributed by atoms with van der Waals surface area (Å²) in [4.78, 5) is 11.4. The highest BCUT2D eigenvalue weighted by Gasteiger charge is 2.23. The van der Waals surface area contributed by atoms with E-state index in [1.165, 1.54) is 51.4 Å². The van der Waals surface area contributed by atoms with Gasteiger partial charge in [-0.3, -0.25) is 4.79 Å². The average Bonchev–Trinajstić information content (AvgIpc) is 2.51. The molecule has 0 aromatic heterocycles. The molecule has 0 aromatic carbocycles. The van der Waals surface area contributed by atoms with Crippen LogP contribution >= 0.6 is 0 Å².